The number of nitrogens with one attached hydrogen (secondary N) is 1. The molecule has 0 saturated heterocycles. The fourth-order valence-corrected chi connectivity index (χ4v) is 3.45. The molecule has 27 heavy (non-hydrogen) atoms. The predicted octanol–water partition coefficient (Wildman–Crippen LogP) is 2.06. The number of methoxy groups -OCH3 is 1. The van der Waals surface area contributed by atoms with Crippen molar-refractivity contribution in [3.05, 3.63) is 70.3 Å². The van der Waals surface area contributed by atoms with Crippen LogP contribution in [0.5, 0.6) is 0 Å². The van der Waals surface area contributed by atoms with E-state index in [1.165, 1.54) is 25.3 Å². The maximum Gasteiger partial charge on any atom is 0.328 e. The number of benzene rings is 2. The summed E-state index contributed by atoms with van der Waals surface area (Å²) >= 11 is 0. The van der Waals surface area contributed by atoms with E-state index in [1.54, 1.807) is 30.3 Å². The standard InChI is InChI=1S/C18H18N2O6S/c1-26-18(22)16(10-11-27(25)15-8-3-2-4-9-15)19-17(21)13-6-5-7-14(12-13)20(23)24/h2-9,12,16H,10-11H2,1H3,(H,19,21)/t16-,27-/m0/s1. The monoisotopic (exact) mass is 390 g/mol. The molecule has 1 amide bonds. The van der Waals surface area contributed by atoms with Gasteiger partial charge in [-0.15, -0.1) is 0 Å². The molecule has 0 aromatic heterocycles. The van der Waals surface area contributed by atoms with E-state index < -0.39 is 33.6 Å². The first kappa shape index (κ1) is 20.2. The Morgan fingerprint density at radius 1 is 1.19 bits per heavy atom. The van der Waals surface area contributed by atoms with Gasteiger partial charge in [0.1, 0.15) is 6.04 Å². The van der Waals surface area contributed by atoms with Crippen LogP contribution in [-0.4, -0.2) is 39.9 Å². The molecule has 0 saturated carbocycles. The summed E-state index contributed by atoms with van der Waals surface area (Å²) in [5.74, 6) is -1.20. The van der Waals surface area contributed by atoms with Gasteiger partial charge in [0.25, 0.3) is 11.6 Å². The Kier molecular flexibility index (Phi) is 7.18. The number of rotatable bonds is 8. The molecule has 9 heteroatoms. The summed E-state index contributed by atoms with van der Waals surface area (Å²) in [6.45, 7) is 0. The zero-order valence-corrected chi connectivity index (χ0v) is 15.3. The molecule has 8 nitrogen and oxygen atoms in total. The molecule has 0 aliphatic rings. The molecule has 2 aromatic carbocycles. The van der Waals surface area contributed by atoms with Crippen LogP contribution in [0.15, 0.2) is 59.5 Å². The molecule has 2 rings (SSSR count). The second-order valence-corrected chi connectivity index (χ2v) is 7.08. The quantitative estimate of drug-likeness (QED) is 0.419. The number of ether oxygens (including phenoxy) is 1. The number of esters is 1. The van der Waals surface area contributed by atoms with Crippen LogP contribution in [0.4, 0.5) is 5.69 Å². The third-order valence-electron chi connectivity index (χ3n) is 3.71. The normalized spacial score (nSPS) is 12.6. The summed E-state index contributed by atoms with van der Waals surface area (Å²) in [5.41, 5.74) is -0.190. The van der Waals surface area contributed by atoms with E-state index in [1.807, 2.05) is 0 Å². The maximum atomic E-state index is 12.3. The summed E-state index contributed by atoms with van der Waals surface area (Å²) in [6, 6.07) is 12.9. The third-order valence-corrected chi connectivity index (χ3v) is 5.11. The smallest absolute Gasteiger partial charge is 0.328 e. The minimum absolute atomic E-state index is 0.0438. The van der Waals surface area contributed by atoms with Gasteiger partial charge in [-0.2, -0.15) is 0 Å². The topological polar surface area (TPSA) is 116 Å². The number of non-ortho nitro benzene ring substituents is 1. The average molecular weight is 390 g/mol. The Hall–Kier alpha value is -3.07. The summed E-state index contributed by atoms with van der Waals surface area (Å²) in [5, 5.41) is 13.3. The highest BCUT2D eigenvalue weighted by molar-refractivity contribution is 7.85. The molecule has 0 spiro atoms. The van der Waals surface area contributed by atoms with Crippen LogP contribution in [0.25, 0.3) is 0 Å². The Labute approximate surface area is 158 Å². The zero-order valence-electron chi connectivity index (χ0n) is 14.5. The predicted molar refractivity (Wildman–Crippen MR) is 98.7 cm³/mol. The van der Waals surface area contributed by atoms with Gasteiger partial charge >= 0.3 is 5.97 Å². The largest absolute Gasteiger partial charge is 0.467 e. The van der Waals surface area contributed by atoms with Gasteiger partial charge in [0.05, 0.1) is 22.8 Å². The number of nitro groups is 1. The summed E-state index contributed by atoms with van der Waals surface area (Å²) in [7, 11) is -0.157. The van der Waals surface area contributed by atoms with Gasteiger partial charge in [-0.05, 0) is 24.6 Å². The summed E-state index contributed by atoms with van der Waals surface area (Å²) in [6.07, 6.45) is 0.0921. The molecule has 0 unspecified atom stereocenters. The molecular weight excluding hydrogens is 372 g/mol. The van der Waals surface area contributed by atoms with Crippen molar-refractivity contribution < 1.29 is 23.5 Å². The second kappa shape index (κ2) is 9.58. The summed E-state index contributed by atoms with van der Waals surface area (Å²) in [4.78, 5) is 35.1. The van der Waals surface area contributed by atoms with E-state index in [9.17, 15) is 23.9 Å². The third kappa shape index (κ3) is 5.71. The van der Waals surface area contributed by atoms with Crippen molar-refractivity contribution in [1.82, 2.24) is 5.32 Å². The number of amides is 1. The van der Waals surface area contributed by atoms with Crippen LogP contribution < -0.4 is 5.32 Å². The molecule has 0 radical (unpaired) electrons. The van der Waals surface area contributed by atoms with Crippen LogP contribution in [0.3, 0.4) is 0 Å². The van der Waals surface area contributed by atoms with E-state index in [4.69, 9.17) is 0 Å². The molecule has 0 heterocycles. The fraction of sp³-hybridized carbons (Fsp3) is 0.222. The lowest BCUT2D eigenvalue weighted by atomic mass is 10.1. The van der Waals surface area contributed by atoms with Crippen LogP contribution >= 0.6 is 0 Å². The van der Waals surface area contributed by atoms with Crippen LogP contribution in [0.2, 0.25) is 0 Å². The number of hydrogen-bond acceptors (Lipinski definition) is 6. The maximum absolute atomic E-state index is 12.3. The number of nitro benzene ring substituents is 1. The Balaban J connectivity index is 2.07. The number of carbonyl (C=O) groups excluding carboxylic acids is 2. The van der Waals surface area contributed by atoms with Gasteiger partial charge in [-0.1, -0.05) is 24.3 Å². The Morgan fingerprint density at radius 3 is 2.52 bits per heavy atom. The molecule has 1 N–H and O–H groups in total. The molecular formula is C18H18N2O6S. The molecule has 142 valence electrons. The Bertz CT molecular complexity index is 856. The van der Waals surface area contributed by atoms with E-state index in [-0.39, 0.29) is 23.4 Å². The van der Waals surface area contributed by atoms with Crippen LogP contribution in [0.1, 0.15) is 16.8 Å². The SMILES string of the molecule is COC(=O)[C@H](CC[S@](=O)c1ccccc1)NC(=O)c1cccc([N+](=O)[O-])c1. The fourth-order valence-electron chi connectivity index (χ4n) is 2.31. The first-order chi connectivity index (χ1) is 12.9. The van der Waals surface area contributed by atoms with Gasteiger partial charge in [0.2, 0.25) is 0 Å². The lowest BCUT2D eigenvalue weighted by molar-refractivity contribution is -0.384. The van der Waals surface area contributed by atoms with Gasteiger partial charge in [0, 0.05) is 28.3 Å². The highest BCUT2D eigenvalue weighted by Gasteiger charge is 2.23. The van der Waals surface area contributed by atoms with Crippen molar-refractivity contribution in [2.45, 2.75) is 17.4 Å². The summed E-state index contributed by atoms with van der Waals surface area (Å²) < 4.78 is 17.0. The molecule has 2 aromatic rings. The zero-order chi connectivity index (χ0) is 19.8. The lowest BCUT2D eigenvalue weighted by Gasteiger charge is -2.16. The van der Waals surface area contributed by atoms with Crippen molar-refractivity contribution in [2.24, 2.45) is 0 Å². The van der Waals surface area contributed by atoms with E-state index in [0.717, 1.165) is 6.07 Å². The molecule has 0 bridgehead atoms. The van der Waals surface area contributed by atoms with Crippen molar-refractivity contribution >= 4 is 28.4 Å². The van der Waals surface area contributed by atoms with Gasteiger partial charge < -0.3 is 10.1 Å². The van der Waals surface area contributed by atoms with Crippen LogP contribution in [-0.2, 0) is 20.3 Å². The second-order valence-electron chi connectivity index (χ2n) is 5.51. The highest BCUT2D eigenvalue weighted by atomic mass is 32.2. The van der Waals surface area contributed by atoms with Crippen molar-refractivity contribution in [2.75, 3.05) is 12.9 Å². The first-order valence-electron chi connectivity index (χ1n) is 7.99. The number of hydrogen-bond donors (Lipinski definition) is 1. The first-order valence-corrected chi connectivity index (χ1v) is 9.31. The van der Waals surface area contributed by atoms with E-state index >= 15 is 0 Å². The Morgan fingerprint density at radius 2 is 1.89 bits per heavy atom. The minimum Gasteiger partial charge on any atom is -0.467 e. The van der Waals surface area contributed by atoms with E-state index in [0.29, 0.717) is 4.90 Å². The van der Waals surface area contributed by atoms with Crippen molar-refractivity contribution in [3.63, 3.8) is 0 Å². The molecule has 0 fully saturated rings. The molecule has 2 atom stereocenters. The van der Waals surface area contributed by atoms with Crippen molar-refractivity contribution in [1.29, 1.82) is 0 Å². The van der Waals surface area contributed by atoms with Gasteiger partial charge in [0.15, 0.2) is 0 Å². The minimum atomic E-state index is -1.34. The lowest BCUT2D eigenvalue weighted by Crippen LogP contribution is -2.42. The average Bonchev–Trinajstić information content (AvgIpc) is 2.70. The number of carbonyl (C=O) groups is 2. The van der Waals surface area contributed by atoms with Crippen molar-refractivity contribution in [3.8, 4) is 0 Å². The molecule has 0 aliphatic heterocycles. The van der Waals surface area contributed by atoms with E-state index in [2.05, 4.69) is 10.1 Å². The number of nitrogens with zero attached hydrogens (tertiary/aromatic N) is 1. The van der Waals surface area contributed by atoms with Gasteiger partial charge in [-0.3, -0.25) is 19.1 Å². The van der Waals surface area contributed by atoms with Gasteiger partial charge in [-0.25, -0.2) is 4.79 Å². The molecule has 0 aliphatic carbocycles. The highest BCUT2D eigenvalue weighted by Crippen LogP contribution is 2.14. The van der Waals surface area contributed by atoms with Crippen LogP contribution in [0, 0.1) is 10.1 Å².